The lowest BCUT2D eigenvalue weighted by atomic mass is 10.2. The molecule has 2 amide bonds. The topological polar surface area (TPSA) is 99.7 Å². The lowest BCUT2D eigenvalue weighted by molar-refractivity contribution is 0.248. The maximum atomic E-state index is 11.9. The normalized spacial score (nSPS) is 16.1. The molecule has 0 bridgehead atoms. The Bertz CT molecular complexity index is 527. The third kappa shape index (κ3) is 3.63. The number of nitrogens with two attached hydrogens (primary N) is 1. The molecule has 0 unspecified atom stereocenters. The molecule has 20 heavy (non-hydrogen) atoms. The number of anilines is 1. The largest absolute Gasteiger partial charge is 0.409 e. The van der Waals surface area contributed by atoms with E-state index in [9.17, 15) is 4.79 Å². The number of oxime groups is 1. The molecular formula is C13H17BrN4O2. The quantitative estimate of drug-likeness (QED) is 0.294. The van der Waals surface area contributed by atoms with E-state index in [2.05, 4.69) is 31.7 Å². The van der Waals surface area contributed by atoms with E-state index < -0.39 is 0 Å². The van der Waals surface area contributed by atoms with Gasteiger partial charge < -0.3 is 21.6 Å². The Morgan fingerprint density at radius 2 is 2.10 bits per heavy atom. The second-order valence-electron chi connectivity index (χ2n) is 4.76. The van der Waals surface area contributed by atoms with Crippen molar-refractivity contribution < 1.29 is 10.0 Å². The summed E-state index contributed by atoms with van der Waals surface area (Å²) in [6.07, 6.45) is 4.42. The van der Waals surface area contributed by atoms with E-state index in [-0.39, 0.29) is 17.9 Å². The fourth-order valence-electron chi connectivity index (χ4n) is 2.25. The number of carbonyl (C=O) groups excluding carboxylic acids is 1. The number of nitrogens with one attached hydrogen (secondary N) is 2. The first kappa shape index (κ1) is 14.6. The highest BCUT2D eigenvalue weighted by molar-refractivity contribution is 9.10. The minimum absolute atomic E-state index is 0.0210. The molecule has 1 fully saturated rings. The van der Waals surface area contributed by atoms with E-state index in [4.69, 9.17) is 10.9 Å². The van der Waals surface area contributed by atoms with E-state index >= 15 is 0 Å². The average molecular weight is 341 g/mol. The van der Waals surface area contributed by atoms with Crippen LogP contribution in [0, 0.1) is 0 Å². The van der Waals surface area contributed by atoms with E-state index in [0.717, 1.165) is 12.8 Å². The summed E-state index contributed by atoms with van der Waals surface area (Å²) in [5, 5.41) is 17.3. The number of rotatable bonds is 3. The van der Waals surface area contributed by atoms with Gasteiger partial charge in [0.2, 0.25) is 0 Å². The van der Waals surface area contributed by atoms with Gasteiger partial charge in [-0.1, -0.05) is 18.0 Å². The molecule has 1 saturated carbocycles. The lowest BCUT2D eigenvalue weighted by Gasteiger charge is -2.14. The van der Waals surface area contributed by atoms with Crippen molar-refractivity contribution in [2.45, 2.75) is 31.7 Å². The van der Waals surface area contributed by atoms with Gasteiger partial charge in [-0.2, -0.15) is 0 Å². The SMILES string of the molecule is N/C(=N/O)c1ccc(NC(=O)NC2CCCC2)c(Br)c1. The Kier molecular flexibility index (Phi) is 4.84. The number of nitrogens with zero attached hydrogens (tertiary/aromatic N) is 1. The third-order valence-corrected chi connectivity index (χ3v) is 3.97. The average Bonchev–Trinajstić information content (AvgIpc) is 2.93. The van der Waals surface area contributed by atoms with Crippen LogP contribution in [0.3, 0.4) is 0 Å². The zero-order valence-electron chi connectivity index (χ0n) is 10.9. The first-order valence-electron chi connectivity index (χ1n) is 6.45. The predicted molar refractivity (Wildman–Crippen MR) is 81.1 cm³/mol. The van der Waals surface area contributed by atoms with Gasteiger partial charge in [0, 0.05) is 16.1 Å². The molecule has 1 aliphatic rings. The molecule has 6 nitrogen and oxygen atoms in total. The molecule has 108 valence electrons. The third-order valence-electron chi connectivity index (χ3n) is 3.31. The number of benzene rings is 1. The Balaban J connectivity index is 2.00. The molecule has 1 aliphatic carbocycles. The second kappa shape index (κ2) is 6.60. The highest BCUT2D eigenvalue weighted by Gasteiger charge is 2.17. The summed E-state index contributed by atoms with van der Waals surface area (Å²) in [5.74, 6) is 0.0210. The number of hydrogen-bond acceptors (Lipinski definition) is 3. The van der Waals surface area contributed by atoms with Crippen LogP contribution in [0.2, 0.25) is 0 Å². The highest BCUT2D eigenvalue weighted by atomic mass is 79.9. The van der Waals surface area contributed by atoms with Crippen molar-refractivity contribution in [2.24, 2.45) is 10.9 Å². The highest BCUT2D eigenvalue weighted by Crippen LogP contribution is 2.24. The van der Waals surface area contributed by atoms with E-state index in [1.165, 1.54) is 12.8 Å². The van der Waals surface area contributed by atoms with Gasteiger partial charge in [0.15, 0.2) is 5.84 Å². The minimum atomic E-state index is -0.214. The first-order chi connectivity index (χ1) is 9.60. The smallest absolute Gasteiger partial charge is 0.319 e. The Morgan fingerprint density at radius 3 is 2.70 bits per heavy atom. The molecule has 5 N–H and O–H groups in total. The van der Waals surface area contributed by atoms with Gasteiger partial charge in [-0.3, -0.25) is 0 Å². The van der Waals surface area contributed by atoms with Crippen molar-refractivity contribution >= 4 is 33.5 Å². The van der Waals surface area contributed by atoms with Crippen molar-refractivity contribution in [3.63, 3.8) is 0 Å². The number of urea groups is 1. The van der Waals surface area contributed by atoms with Gasteiger partial charge in [-0.15, -0.1) is 0 Å². The van der Waals surface area contributed by atoms with Crippen LogP contribution in [0.1, 0.15) is 31.2 Å². The molecule has 7 heteroatoms. The Hall–Kier alpha value is -1.76. The number of carbonyl (C=O) groups is 1. The van der Waals surface area contributed by atoms with Gasteiger partial charge >= 0.3 is 6.03 Å². The first-order valence-corrected chi connectivity index (χ1v) is 7.24. The van der Waals surface area contributed by atoms with Crippen LogP contribution in [0.15, 0.2) is 27.8 Å². The predicted octanol–water partition coefficient (Wildman–Crippen LogP) is 2.61. The number of amides is 2. The molecule has 0 heterocycles. The molecule has 0 aromatic heterocycles. The minimum Gasteiger partial charge on any atom is -0.409 e. The molecule has 0 radical (unpaired) electrons. The van der Waals surface area contributed by atoms with Crippen LogP contribution in [0.4, 0.5) is 10.5 Å². The van der Waals surface area contributed by atoms with Gasteiger partial charge in [0.05, 0.1) is 5.69 Å². The van der Waals surface area contributed by atoms with E-state index in [1.54, 1.807) is 18.2 Å². The van der Waals surface area contributed by atoms with Crippen molar-refractivity contribution in [1.82, 2.24) is 5.32 Å². The fraction of sp³-hybridized carbons (Fsp3) is 0.385. The summed E-state index contributed by atoms with van der Waals surface area (Å²) < 4.78 is 0.670. The molecule has 0 saturated heterocycles. The van der Waals surface area contributed by atoms with Gasteiger partial charge in [0.25, 0.3) is 0 Å². The van der Waals surface area contributed by atoms with Crippen LogP contribution >= 0.6 is 15.9 Å². The van der Waals surface area contributed by atoms with Crippen molar-refractivity contribution in [2.75, 3.05) is 5.32 Å². The van der Waals surface area contributed by atoms with E-state index in [1.807, 2.05) is 0 Å². The molecule has 1 aromatic rings. The van der Waals surface area contributed by atoms with Crippen LogP contribution in [-0.4, -0.2) is 23.1 Å². The van der Waals surface area contributed by atoms with E-state index in [0.29, 0.717) is 15.7 Å². The fourth-order valence-corrected chi connectivity index (χ4v) is 2.73. The second-order valence-corrected chi connectivity index (χ2v) is 5.61. The van der Waals surface area contributed by atoms with Gasteiger partial charge in [0.1, 0.15) is 0 Å². The molecule has 0 aliphatic heterocycles. The summed E-state index contributed by atoms with van der Waals surface area (Å²) >= 11 is 3.35. The number of amidine groups is 1. The van der Waals surface area contributed by atoms with Gasteiger partial charge in [-0.05, 0) is 47.0 Å². The molecule has 0 atom stereocenters. The van der Waals surface area contributed by atoms with Crippen LogP contribution in [-0.2, 0) is 0 Å². The molecular weight excluding hydrogens is 324 g/mol. The van der Waals surface area contributed by atoms with Gasteiger partial charge in [-0.25, -0.2) is 4.79 Å². The van der Waals surface area contributed by atoms with Crippen LogP contribution in [0.5, 0.6) is 0 Å². The van der Waals surface area contributed by atoms with Crippen LogP contribution < -0.4 is 16.4 Å². The molecule has 0 spiro atoms. The maximum absolute atomic E-state index is 11.9. The van der Waals surface area contributed by atoms with Crippen molar-refractivity contribution in [3.8, 4) is 0 Å². The summed E-state index contributed by atoms with van der Waals surface area (Å²) in [7, 11) is 0. The summed E-state index contributed by atoms with van der Waals surface area (Å²) in [5.41, 5.74) is 6.71. The lowest BCUT2D eigenvalue weighted by Crippen LogP contribution is -2.36. The van der Waals surface area contributed by atoms with Crippen molar-refractivity contribution in [1.29, 1.82) is 0 Å². The maximum Gasteiger partial charge on any atom is 0.319 e. The number of halogens is 1. The van der Waals surface area contributed by atoms with Crippen LogP contribution in [0.25, 0.3) is 0 Å². The summed E-state index contributed by atoms with van der Waals surface area (Å²) in [4.78, 5) is 11.9. The summed E-state index contributed by atoms with van der Waals surface area (Å²) in [6.45, 7) is 0. The zero-order valence-corrected chi connectivity index (χ0v) is 12.5. The zero-order chi connectivity index (χ0) is 14.5. The molecule has 2 rings (SSSR count). The Labute approximate surface area is 125 Å². The standard InChI is InChI=1S/C13H17BrN4O2/c14-10-7-8(12(15)18-20)5-6-11(10)17-13(19)16-9-3-1-2-4-9/h5-7,9,20H,1-4H2,(H2,15,18)(H2,16,17,19). The monoisotopic (exact) mass is 340 g/mol. The number of hydrogen-bond donors (Lipinski definition) is 4. The van der Waals surface area contributed by atoms with Crippen molar-refractivity contribution in [3.05, 3.63) is 28.2 Å². The summed E-state index contributed by atoms with van der Waals surface area (Å²) in [6, 6.07) is 5.11. The molecule has 1 aromatic carbocycles. The Morgan fingerprint density at radius 1 is 1.40 bits per heavy atom.